The number of benzene rings is 1. The minimum absolute atomic E-state index is 0.00518. The topological polar surface area (TPSA) is 51.0 Å². The maximum Gasteiger partial charge on any atom is 0.250 e. The number of thiazole rings is 1. The van der Waals surface area contributed by atoms with Crippen molar-refractivity contribution in [3.05, 3.63) is 64.9 Å². The first-order valence-corrected chi connectivity index (χ1v) is 9.30. The molecular weight excluding hydrogens is 332 g/mol. The van der Waals surface area contributed by atoms with Gasteiger partial charge in [-0.3, -0.25) is 14.4 Å². The normalized spacial score (nSPS) is 16.4. The number of carbonyl (C=O) groups is 1. The number of hydrogen-bond donors (Lipinski definition) is 0. The SMILES string of the molecule is CN(C(=O)Cn1cccn1)c1nc2c(s1)C[C@H](c1ccccc1)CC2. The summed E-state index contributed by atoms with van der Waals surface area (Å²) in [5.41, 5.74) is 2.55. The van der Waals surface area contributed by atoms with Crippen molar-refractivity contribution in [2.75, 3.05) is 11.9 Å². The average molecular weight is 352 g/mol. The highest BCUT2D eigenvalue weighted by molar-refractivity contribution is 7.15. The molecule has 5 nitrogen and oxygen atoms in total. The van der Waals surface area contributed by atoms with E-state index in [1.807, 2.05) is 6.07 Å². The molecule has 1 atom stereocenters. The van der Waals surface area contributed by atoms with Gasteiger partial charge in [-0.15, -0.1) is 11.3 Å². The Bertz CT molecular complexity index is 857. The third-order valence-corrected chi connectivity index (χ3v) is 5.91. The smallest absolute Gasteiger partial charge is 0.250 e. The molecule has 4 rings (SSSR count). The first-order valence-electron chi connectivity index (χ1n) is 8.48. The Hall–Kier alpha value is -2.47. The summed E-state index contributed by atoms with van der Waals surface area (Å²) in [7, 11) is 1.80. The fourth-order valence-corrected chi connectivity index (χ4v) is 4.42. The third kappa shape index (κ3) is 3.35. The second-order valence-electron chi connectivity index (χ2n) is 6.37. The highest BCUT2D eigenvalue weighted by atomic mass is 32.1. The van der Waals surface area contributed by atoms with Crippen LogP contribution in [0.3, 0.4) is 0 Å². The molecule has 128 valence electrons. The van der Waals surface area contributed by atoms with Gasteiger partial charge in [-0.25, -0.2) is 4.98 Å². The van der Waals surface area contributed by atoms with E-state index in [4.69, 9.17) is 4.98 Å². The second-order valence-corrected chi connectivity index (χ2v) is 7.44. The number of anilines is 1. The number of aryl methyl sites for hydroxylation is 1. The van der Waals surface area contributed by atoms with E-state index < -0.39 is 0 Å². The summed E-state index contributed by atoms with van der Waals surface area (Å²) in [5, 5.41) is 4.88. The Balaban J connectivity index is 1.49. The molecule has 0 N–H and O–H groups in total. The predicted molar refractivity (Wildman–Crippen MR) is 99.0 cm³/mol. The lowest BCUT2D eigenvalue weighted by atomic mass is 9.85. The van der Waals surface area contributed by atoms with E-state index in [0.29, 0.717) is 5.92 Å². The van der Waals surface area contributed by atoms with Crippen molar-refractivity contribution < 1.29 is 4.79 Å². The van der Waals surface area contributed by atoms with Crippen molar-refractivity contribution in [2.24, 2.45) is 0 Å². The molecular formula is C19H20N4OS. The zero-order valence-corrected chi connectivity index (χ0v) is 14.9. The maximum atomic E-state index is 12.4. The molecule has 2 aromatic heterocycles. The van der Waals surface area contributed by atoms with E-state index in [-0.39, 0.29) is 12.5 Å². The van der Waals surface area contributed by atoms with Crippen molar-refractivity contribution in [3.8, 4) is 0 Å². The lowest BCUT2D eigenvalue weighted by Gasteiger charge is -2.21. The van der Waals surface area contributed by atoms with Gasteiger partial charge >= 0.3 is 0 Å². The largest absolute Gasteiger partial charge is 0.290 e. The average Bonchev–Trinajstić information content (AvgIpc) is 3.30. The summed E-state index contributed by atoms with van der Waals surface area (Å²) >= 11 is 1.65. The third-order valence-electron chi connectivity index (χ3n) is 4.72. The van der Waals surface area contributed by atoms with Gasteiger partial charge in [-0.05, 0) is 36.8 Å². The molecule has 3 aromatic rings. The Morgan fingerprint density at radius 2 is 2.16 bits per heavy atom. The first-order chi connectivity index (χ1) is 12.2. The number of fused-ring (bicyclic) bond motifs is 1. The summed E-state index contributed by atoms with van der Waals surface area (Å²) in [6, 6.07) is 12.5. The molecule has 1 aliphatic carbocycles. The maximum absolute atomic E-state index is 12.4. The molecule has 1 amide bonds. The predicted octanol–water partition coefficient (Wildman–Crippen LogP) is 3.28. The van der Waals surface area contributed by atoms with Crippen molar-refractivity contribution in [2.45, 2.75) is 31.7 Å². The van der Waals surface area contributed by atoms with Gasteiger partial charge in [-0.1, -0.05) is 30.3 Å². The van der Waals surface area contributed by atoms with Gasteiger partial charge in [0.2, 0.25) is 5.91 Å². The molecule has 0 aliphatic heterocycles. The molecule has 25 heavy (non-hydrogen) atoms. The van der Waals surface area contributed by atoms with E-state index in [2.05, 4.69) is 35.4 Å². The van der Waals surface area contributed by atoms with Crippen LogP contribution in [0.2, 0.25) is 0 Å². The molecule has 6 heteroatoms. The van der Waals surface area contributed by atoms with Gasteiger partial charge in [0.1, 0.15) is 6.54 Å². The molecule has 0 saturated carbocycles. The fourth-order valence-electron chi connectivity index (χ4n) is 3.26. The van der Waals surface area contributed by atoms with Crippen LogP contribution in [0.1, 0.15) is 28.5 Å². The molecule has 1 aromatic carbocycles. The highest BCUT2D eigenvalue weighted by Gasteiger charge is 2.25. The number of aromatic nitrogens is 3. The van der Waals surface area contributed by atoms with Gasteiger partial charge in [0, 0.05) is 24.3 Å². The molecule has 0 fully saturated rings. The zero-order chi connectivity index (χ0) is 17.2. The van der Waals surface area contributed by atoms with Crippen LogP contribution in [0.5, 0.6) is 0 Å². The van der Waals surface area contributed by atoms with Gasteiger partial charge < -0.3 is 0 Å². The number of amides is 1. The van der Waals surface area contributed by atoms with Crippen molar-refractivity contribution in [1.82, 2.24) is 14.8 Å². The minimum atomic E-state index is -0.00518. The monoisotopic (exact) mass is 352 g/mol. The number of nitrogens with zero attached hydrogens (tertiary/aromatic N) is 4. The van der Waals surface area contributed by atoms with Crippen LogP contribution < -0.4 is 4.90 Å². The van der Waals surface area contributed by atoms with E-state index in [9.17, 15) is 4.79 Å². The second kappa shape index (κ2) is 6.80. The van der Waals surface area contributed by atoms with Crippen LogP contribution in [0.15, 0.2) is 48.8 Å². The Kier molecular flexibility index (Phi) is 4.36. The Morgan fingerprint density at radius 1 is 1.32 bits per heavy atom. The van der Waals surface area contributed by atoms with E-state index >= 15 is 0 Å². The molecule has 0 unspecified atom stereocenters. The Morgan fingerprint density at radius 3 is 2.92 bits per heavy atom. The molecule has 0 spiro atoms. The first kappa shape index (κ1) is 16.0. The highest BCUT2D eigenvalue weighted by Crippen LogP contribution is 2.37. The van der Waals surface area contributed by atoms with Gasteiger partial charge in [0.05, 0.1) is 5.69 Å². The van der Waals surface area contributed by atoms with Crippen molar-refractivity contribution >= 4 is 22.4 Å². The van der Waals surface area contributed by atoms with E-state index in [1.165, 1.54) is 10.4 Å². The van der Waals surface area contributed by atoms with Gasteiger partial charge in [0.25, 0.3) is 0 Å². The molecule has 0 bridgehead atoms. The molecule has 1 aliphatic rings. The Labute approximate surface area is 150 Å². The zero-order valence-electron chi connectivity index (χ0n) is 14.1. The lowest BCUT2D eigenvalue weighted by Crippen LogP contribution is -2.30. The number of carbonyl (C=O) groups excluding carboxylic acids is 1. The standard InChI is InChI=1S/C19H20N4OS/c1-22(18(24)13-23-11-5-10-20-23)19-21-16-9-8-15(12-17(16)25-19)14-6-3-2-4-7-14/h2-7,10-11,15H,8-9,12-13H2,1H3/t15-/m1/s1. The number of hydrogen-bond acceptors (Lipinski definition) is 4. The van der Waals surface area contributed by atoms with Crippen molar-refractivity contribution in [1.29, 1.82) is 0 Å². The fraction of sp³-hybridized carbons (Fsp3) is 0.316. The van der Waals surface area contributed by atoms with E-state index in [0.717, 1.165) is 30.1 Å². The van der Waals surface area contributed by atoms with Gasteiger partial charge in [0.15, 0.2) is 5.13 Å². The summed E-state index contributed by atoms with van der Waals surface area (Å²) in [6.07, 6.45) is 6.58. The quantitative estimate of drug-likeness (QED) is 0.724. The summed E-state index contributed by atoms with van der Waals surface area (Å²) in [6.45, 7) is 0.236. The van der Waals surface area contributed by atoms with Crippen LogP contribution in [-0.2, 0) is 24.2 Å². The molecule has 0 radical (unpaired) electrons. The van der Waals surface area contributed by atoms with Crippen molar-refractivity contribution in [3.63, 3.8) is 0 Å². The summed E-state index contributed by atoms with van der Waals surface area (Å²) < 4.78 is 1.64. The minimum Gasteiger partial charge on any atom is -0.290 e. The van der Waals surface area contributed by atoms with Crippen LogP contribution in [0.25, 0.3) is 0 Å². The molecule has 0 saturated heterocycles. The number of likely N-dealkylation sites (N-methyl/N-ethyl adjacent to an activating group) is 1. The summed E-state index contributed by atoms with van der Waals surface area (Å²) in [5.74, 6) is 0.543. The van der Waals surface area contributed by atoms with Crippen LogP contribution in [0, 0.1) is 0 Å². The van der Waals surface area contributed by atoms with Gasteiger partial charge in [-0.2, -0.15) is 5.10 Å². The lowest BCUT2D eigenvalue weighted by molar-refractivity contribution is -0.119. The van der Waals surface area contributed by atoms with Crippen LogP contribution in [-0.4, -0.2) is 27.7 Å². The molecule has 2 heterocycles. The van der Waals surface area contributed by atoms with E-state index in [1.54, 1.807) is 40.4 Å². The number of rotatable bonds is 4. The van der Waals surface area contributed by atoms with Crippen LogP contribution in [0.4, 0.5) is 5.13 Å². The summed E-state index contributed by atoms with van der Waals surface area (Å²) in [4.78, 5) is 20.1. The van der Waals surface area contributed by atoms with Crippen LogP contribution >= 0.6 is 11.3 Å².